The smallest absolute Gasteiger partial charge is 0.140 e. The Morgan fingerprint density at radius 2 is 1.34 bits per heavy atom. The normalized spacial score (nSPS) is 10.7. The van der Waals surface area contributed by atoms with Gasteiger partial charge in [-0.25, -0.2) is 4.98 Å². The van der Waals surface area contributed by atoms with E-state index >= 15 is 0 Å². The lowest BCUT2D eigenvalue weighted by atomic mass is 10.0. The lowest BCUT2D eigenvalue weighted by Gasteiger charge is -2.12. The molecule has 0 radical (unpaired) electrons. The topological polar surface area (TPSA) is 65.4 Å². The predicted molar refractivity (Wildman–Crippen MR) is 113 cm³/mol. The maximum Gasteiger partial charge on any atom is 0.140 e. The van der Waals surface area contributed by atoms with E-state index in [2.05, 4.69) is 39.9 Å². The molecular formula is C25H14N4. The maximum absolute atomic E-state index is 9.78. The average Bonchev–Trinajstić information content (AvgIpc) is 3.13. The lowest BCUT2D eigenvalue weighted by Crippen LogP contribution is -1.98. The van der Waals surface area contributed by atoms with Crippen molar-refractivity contribution in [2.75, 3.05) is 0 Å². The van der Waals surface area contributed by atoms with Crippen LogP contribution in [0, 0.1) is 22.7 Å². The third-order valence-corrected chi connectivity index (χ3v) is 5.15. The van der Waals surface area contributed by atoms with Crippen molar-refractivity contribution >= 4 is 21.8 Å². The molecule has 0 N–H and O–H groups in total. The Balaban J connectivity index is 1.82. The van der Waals surface area contributed by atoms with Gasteiger partial charge in [0.1, 0.15) is 17.8 Å². The van der Waals surface area contributed by atoms with Crippen molar-refractivity contribution < 1.29 is 0 Å². The maximum atomic E-state index is 9.78. The molecule has 2 aromatic heterocycles. The molecule has 5 aromatic rings. The fourth-order valence-electron chi connectivity index (χ4n) is 3.80. The lowest BCUT2D eigenvalue weighted by molar-refractivity contribution is 1.17. The van der Waals surface area contributed by atoms with Crippen LogP contribution in [0.4, 0.5) is 0 Å². The number of nitriles is 2. The number of benzene rings is 3. The first-order chi connectivity index (χ1) is 14.3. The molecule has 0 bridgehead atoms. The molecule has 5 rings (SSSR count). The second kappa shape index (κ2) is 6.64. The molecule has 29 heavy (non-hydrogen) atoms. The molecule has 2 heterocycles. The Morgan fingerprint density at radius 3 is 1.93 bits per heavy atom. The minimum Gasteiger partial charge on any atom is -0.308 e. The van der Waals surface area contributed by atoms with Crippen molar-refractivity contribution in [3.05, 3.63) is 96.3 Å². The van der Waals surface area contributed by atoms with Crippen molar-refractivity contribution in [1.82, 2.24) is 9.55 Å². The quantitative estimate of drug-likeness (QED) is 0.407. The zero-order valence-corrected chi connectivity index (χ0v) is 15.4. The number of hydrogen-bond donors (Lipinski definition) is 0. The fourth-order valence-corrected chi connectivity index (χ4v) is 3.80. The van der Waals surface area contributed by atoms with Crippen LogP contribution in [0.3, 0.4) is 0 Å². The van der Waals surface area contributed by atoms with E-state index in [0.29, 0.717) is 11.3 Å². The predicted octanol–water partition coefficient (Wildman–Crippen LogP) is 5.59. The minimum absolute atomic E-state index is 0.380. The molecule has 0 saturated heterocycles. The summed E-state index contributed by atoms with van der Waals surface area (Å²) >= 11 is 0. The average molecular weight is 370 g/mol. The monoisotopic (exact) mass is 370 g/mol. The van der Waals surface area contributed by atoms with Gasteiger partial charge in [0, 0.05) is 22.5 Å². The van der Waals surface area contributed by atoms with Crippen molar-refractivity contribution in [2.24, 2.45) is 0 Å². The number of aromatic nitrogens is 2. The number of hydrogen-bond acceptors (Lipinski definition) is 3. The Bertz CT molecular complexity index is 1410. The van der Waals surface area contributed by atoms with E-state index < -0.39 is 0 Å². The summed E-state index contributed by atoms with van der Waals surface area (Å²) in [7, 11) is 0. The van der Waals surface area contributed by atoms with Gasteiger partial charge in [0.15, 0.2) is 0 Å². The summed E-state index contributed by atoms with van der Waals surface area (Å²) in [6, 6.07) is 30.2. The highest BCUT2D eigenvalue weighted by Crippen LogP contribution is 2.34. The van der Waals surface area contributed by atoms with Crippen molar-refractivity contribution in [2.45, 2.75) is 0 Å². The van der Waals surface area contributed by atoms with Crippen molar-refractivity contribution in [1.29, 1.82) is 10.5 Å². The summed E-state index contributed by atoms with van der Waals surface area (Å²) in [6.07, 6.45) is 1.69. The highest BCUT2D eigenvalue weighted by molar-refractivity contribution is 6.09. The summed E-state index contributed by atoms with van der Waals surface area (Å²) in [5.74, 6) is 0. The number of para-hydroxylation sites is 2. The standard InChI is InChI=1S/C25H14N4/c26-14-18-10-9-17(19-11-12-20(15-27)28-16-19)13-25(18)29-23-7-3-1-5-21(23)22-6-2-4-8-24(22)29/h1-13,16H. The van der Waals surface area contributed by atoms with E-state index in [1.54, 1.807) is 12.3 Å². The Kier molecular flexibility index (Phi) is 3.83. The fraction of sp³-hybridized carbons (Fsp3) is 0. The first-order valence-electron chi connectivity index (χ1n) is 9.19. The van der Waals surface area contributed by atoms with Crippen molar-refractivity contribution in [3.8, 4) is 29.0 Å². The van der Waals surface area contributed by atoms with Crippen LogP contribution in [-0.2, 0) is 0 Å². The van der Waals surface area contributed by atoms with Gasteiger partial charge >= 0.3 is 0 Å². The van der Waals surface area contributed by atoms with Crippen LogP contribution in [0.5, 0.6) is 0 Å². The third-order valence-electron chi connectivity index (χ3n) is 5.15. The highest BCUT2D eigenvalue weighted by Gasteiger charge is 2.15. The Morgan fingerprint density at radius 1 is 0.690 bits per heavy atom. The van der Waals surface area contributed by atoms with Gasteiger partial charge in [0.05, 0.1) is 22.3 Å². The number of pyridine rings is 1. The molecule has 0 aliphatic carbocycles. The summed E-state index contributed by atoms with van der Waals surface area (Å²) in [4.78, 5) is 4.18. The largest absolute Gasteiger partial charge is 0.308 e. The van der Waals surface area contributed by atoms with E-state index in [9.17, 15) is 5.26 Å². The third kappa shape index (κ3) is 2.64. The molecule has 0 aliphatic heterocycles. The molecule has 0 unspecified atom stereocenters. The molecule has 0 aliphatic rings. The Labute approximate surface area is 167 Å². The number of nitrogens with zero attached hydrogens (tertiary/aromatic N) is 4. The van der Waals surface area contributed by atoms with Gasteiger partial charge in [0.25, 0.3) is 0 Å². The Hall–Kier alpha value is -4.41. The second-order valence-corrected chi connectivity index (χ2v) is 6.76. The molecule has 0 atom stereocenters. The van der Waals surface area contributed by atoms with E-state index in [1.807, 2.05) is 54.6 Å². The minimum atomic E-state index is 0.380. The van der Waals surface area contributed by atoms with Gasteiger partial charge in [-0.2, -0.15) is 10.5 Å². The number of fused-ring (bicyclic) bond motifs is 3. The van der Waals surface area contributed by atoms with E-state index in [4.69, 9.17) is 5.26 Å². The highest BCUT2D eigenvalue weighted by atomic mass is 15.0. The molecule has 3 aromatic carbocycles. The first-order valence-corrected chi connectivity index (χ1v) is 9.19. The van der Waals surface area contributed by atoms with Crippen molar-refractivity contribution in [3.63, 3.8) is 0 Å². The zero-order valence-electron chi connectivity index (χ0n) is 15.4. The molecular weight excluding hydrogens is 356 g/mol. The van der Waals surface area contributed by atoms with Crippen LogP contribution < -0.4 is 0 Å². The second-order valence-electron chi connectivity index (χ2n) is 6.76. The van der Waals surface area contributed by atoms with Crippen LogP contribution >= 0.6 is 0 Å². The molecule has 0 fully saturated rings. The SMILES string of the molecule is N#Cc1ccc(-c2ccc(C#N)c(-n3c4ccccc4c4ccccc43)c2)cn1. The molecule has 0 spiro atoms. The summed E-state index contributed by atoms with van der Waals surface area (Å²) < 4.78 is 2.14. The van der Waals surface area contributed by atoms with E-state index in [1.165, 1.54) is 0 Å². The molecule has 0 amide bonds. The van der Waals surface area contributed by atoms with Crippen LogP contribution in [0.1, 0.15) is 11.3 Å². The first kappa shape index (κ1) is 16.7. The molecule has 134 valence electrons. The molecule has 0 saturated carbocycles. The van der Waals surface area contributed by atoms with E-state index in [0.717, 1.165) is 38.6 Å². The molecule has 4 nitrogen and oxygen atoms in total. The van der Waals surface area contributed by atoms with Gasteiger partial charge in [-0.3, -0.25) is 0 Å². The zero-order chi connectivity index (χ0) is 19.8. The summed E-state index contributed by atoms with van der Waals surface area (Å²) in [5.41, 5.74) is 5.76. The summed E-state index contributed by atoms with van der Waals surface area (Å²) in [6.45, 7) is 0. The van der Waals surface area contributed by atoms with Gasteiger partial charge in [-0.15, -0.1) is 0 Å². The van der Waals surface area contributed by atoms with Crippen LogP contribution in [0.2, 0.25) is 0 Å². The van der Waals surface area contributed by atoms with E-state index in [-0.39, 0.29) is 0 Å². The van der Waals surface area contributed by atoms with Crippen LogP contribution in [-0.4, -0.2) is 9.55 Å². The van der Waals surface area contributed by atoms with Gasteiger partial charge in [-0.1, -0.05) is 42.5 Å². The van der Waals surface area contributed by atoms with Crippen LogP contribution in [0.15, 0.2) is 85.1 Å². The van der Waals surface area contributed by atoms with Gasteiger partial charge in [0.2, 0.25) is 0 Å². The summed E-state index contributed by atoms with van der Waals surface area (Å²) in [5, 5.41) is 21.1. The van der Waals surface area contributed by atoms with Crippen LogP contribution in [0.25, 0.3) is 38.6 Å². The van der Waals surface area contributed by atoms with Gasteiger partial charge in [-0.05, 0) is 42.0 Å². The number of rotatable bonds is 2. The molecule has 4 heteroatoms. The van der Waals surface area contributed by atoms with Gasteiger partial charge < -0.3 is 4.57 Å².